The number of hydrogen-bond acceptors (Lipinski definition) is 3. The average Bonchev–Trinajstić information content (AvgIpc) is 2.83. The Morgan fingerprint density at radius 3 is 2.81 bits per heavy atom. The minimum absolute atomic E-state index is 0.0105. The molecule has 2 N–H and O–H groups in total. The molecule has 2 heterocycles. The number of amides is 1. The lowest BCUT2D eigenvalue weighted by atomic mass is 10.2. The number of nitrogens with two attached hydrogens (primary N) is 1. The summed E-state index contributed by atoms with van der Waals surface area (Å²) in [6.07, 6.45) is 0.467. The van der Waals surface area contributed by atoms with Crippen molar-refractivity contribution in [2.75, 3.05) is 6.61 Å². The largest absolute Gasteiger partial charge is 0.352 e. The normalized spacial score (nSPS) is 33.2. The highest BCUT2D eigenvalue weighted by molar-refractivity contribution is 5.85. The fraction of sp³-hybridized carbons (Fsp3) is 0.417. The summed E-state index contributed by atoms with van der Waals surface area (Å²) in [5, 5.41) is 0. The smallest absolute Gasteiger partial charge is 0.242 e. The third-order valence-electron chi connectivity index (χ3n) is 3.27. The Kier molecular flexibility index (Phi) is 2.19. The number of fused-ring (bicyclic) bond motifs is 1. The van der Waals surface area contributed by atoms with Gasteiger partial charge in [-0.25, -0.2) is 0 Å². The molecule has 0 bridgehead atoms. The summed E-state index contributed by atoms with van der Waals surface area (Å²) in [5.41, 5.74) is 6.78. The third-order valence-corrected chi connectivity index (χ3v) is 3.27. The van der Waals surface area contributed by atoms with Crippen LogP contribution in [0, 0.1) is 0 Å². The molecule has 3 atom stereocenters. The predicted molar refractivity (Wildman–Crippen MR) is 58.4 cm³/mol. The average molecular weight is 218 g/mol. The van der Waals surface area contributed by atoms with Crippen molar-refractivity contribution < 1.29 is 9.53 Å². The van der Waals surface area contributed by atoms with Crippen molar-refractivity contribution in [3.8, 4) is 0 Å². The first kappa shape index (κ1) is 9.81. The van der Waals surface area contributed by atoms with Gasteiger partial charge in [-0.2, -0.15) is 0 Å². The van der Waals surface area contributed by atoms with E-state index < -0.39 is 0 Å². The molecule has 2 aliphatic rings. The maximum atomic E-state index is 11.9. The summed E-state index contributed by atoms with van der Waals surface area (Å²) in [6.45, 7) is 0.596. The number of benzene rings is 1. The van der Waals surface area contributed by atoms with Gasteiger partial charge in [0.2, 0.25) is 5.91 Å². The van der Waals surface area contributed by atoms with Crippen LogP contribution < -0.4 is 5.73 Å². The van der Waals surface area contributed by atoms with Crippen LogP contribution in [-0.4, -0.2) is 29.5 Å². The molecule has 2 fully saturated rings. The predicted octanol–water partition coefficient (Wildman–Crippen LogP) is 0.644. The van der Waals surface area contributed by atoms with Gasteiger partial charge >= 0.3 is 0 Å². The van der Waals surface area contributed by atoms with Crippen LogP contribution in [0.3, 0.4) is 0 Å². The summed E-state index contributed by atoms with van der Waals surface area (Å²) in [4.78, 5) is 13.7. The van der Waals surface area contributed by atoms with E-state index in [2.05, 4.69) is 0 Å². The van der Waals surface area contributed by atoms with Crippen molar-refractivity contribution in [3.63, 3.8) is 0 Å². The maximum absolute atomic E-state index is 11.9. The third kappa shape index (κ3) is 1.34. The Labute approximate surface area is 94.0 Å². The molecule has 1 aromatic carbocycles. The van der Waals surface area contributed by atoms with E-state index in [0.29, 0.717) is 13.0 Å². The number of nitrogens with zero attached hydrogens (tertiary/aromatic N) is 1. The summed E-state index contributed by atoms with van der Waals surface area (Å²) >= 11 is 0. The zero-order chi connectivity index (χ0) is 11.1. The SMILES string of the molecule is N[C@@H]1C[C@H]2CO[C@H](c3ccccc3)N2C1=O. The molecular weight excluding hydrogens is 204 g/mol. The second-order valence-electron chi connectivity index (χ2n) is 4.34. The van der Waals surface area contributed by atoms with Gasteiger partial charge in [0.05, 0.1) is 18.7 Å². The molecule has 3 rings (SSSR count). The van der Waals surface area contributed by atoms with Gasteiger partial charge in [-0.1, -0.05) is 30.3 Å². The van der Waals surface area contributed by atoms with Crippen LogP contribution in [0.5, 0.6) is 0 Å². The number of carbonyl (C=O) groups excluding carboxylic acids is 1. The van der Waals surface area contributed by atoms with Crippen molar-refractivity contribution in [2.24, 2.45) is 5.73 Å². The second kappa shape index (κ2) is 3.57. The summed E-state index contributed by atoms with van der Waals surface area (Å²) in [5.74, 6) is 0.0105. The molecular formula is C12H14N2O2. The Balaban J connectivity index is 1.91. The van der Waals surface area contributed by atoms with Crippen LogP contribution in [0.1, 0.15) is 18.2 Å². The van der Waals surface area contributed by atoms with Crippen molar-refractivity contribution in [1.82, 2.24) is 4.90 Å². The number of rotatable bonds is 1. The van der Waals surface area contributed by atoms with Crippen molar-refractivity contribution >= 4 is 5.91 Å². The zero-order valence-corrected chi connectivity index (χ0v) is 8.87. The molecule has 0 spiro atoms. The molecule has 16 heavy (non-hydrogen) atoms. The van der Waals surface area contributed by atoms with Gasteiger partial charge in [-0.3, -0.25) is 4.79 Å². The van der Waals surface area contributed by atoms with E-state index in [1.807, 2.05) is 30.3 Å². The molecule has 0 radical (unpaired) electrons. The quantitative estimate of drug-likeness (QED) is 0.752. The molecule has 0 aliphatic carbocycles. The highest BCUT2D eigenvalue weighted by Gasteiger charge is 2.46. The van der Waals surface area contributed by atoms with Crippen LogP contribution in [-0.2, 0) is 9.53 Å². The van der Waals surface area contributed by atoms with Crippen molar-refractivity contribution in [3.05, 3.63) is 35.9 Å². The van der Waals surface area contributed by atoms with Crippen molar-refractivity contribution in [1.29, 1.82) is 0 Å². The van der Waals surface area contributed by atoms with E-state index in [1.165, 1.54) is 0 Å². The van der Waals surface area contributed by atoms with E-state index in [0.717, 1.165) is 5.56 Å². The van der Waals surface area contributed by atoms with Gasteiger partial charge in [0, 0.05) is 5.56 Å². The van der Waals surface area contributed by atoms with Crippen LogP contribution in [0.25, 0.3) is 0 Å². The van der Waals surface area contributed by atoms with E-state index >= 15 is 0 Å². The number of carbonyl (C=O) groups is 1. The lowest BCUT2D eigenvalue weighted by Gasteiger charge is -2.22. The van der Waals surface area contributed by atoms with Crippen LogP contribution in [0.4, 0.5) is 0 Å². The molecule has 1 amide bonds. The Bertz CT molecular complexity index is 407. The molecule has 0 unspecified atom stereocenters. The summed E-state index contributed by atoms with van der Waals surface area (Å²) in [7, 11) is 0. The molecule has 4 heteroatoms. The van der Waals surface area contributed by atoms with Crippen molar-refractivity contribution in [2.45, 2.75) is 24.7 Å². The minimum atomic E-state index is -0.347. The summed E-state index contributed by atoms with van der Waals surface area (Å²) in [6, 6.07) is 9.62. The highest BCUT2D eigenvalue weighted by atomic mass is 16.5. The van der Waals surface area contributed by atoms with Gasteiger partial charge in [0.1, 0.15) is 0 Å². The van der Waals surface area contributed by atoms with Crippen LogP contribution >= 0.6 is 0 Å². The topological polar surface area (TPSA) is 55.6 Å². The number of ether oxygens (including phenoxy) is 1. The standard InChI is InChI=1S/C12H14N2O2/c13-10-6-9-7-16-12(14(9)11(10)15)8-4-2-1-3-5-8/h1-5,9-10,12H,6-7,13H2/t9-,10+,12+/m0/s1. The fourth-order valence-corrected chi connectivity index (χ4v) is 2.49. The van der Waals surface area contributed by atoms with E-state index in [-0.39, 0.29) is 24.2 Å². The lowest BCUT2D eigenvalue weighted by molar-refractivity contribution is -0.135. The van der Waals surface area contributed by atoms with Gasteiger partial charge in [-0.05, 0) is 6.42 Å². The molecule has 0 aromatic heterocycles. The van der Waals surface area contributed by atoms with Crippen LogP contribution in [0.2, 0.25) is 0 Å². The first-order chi connectivity index (χ1) is 7.77. The Morgan fingerprint density at radius 1 is 1.31 bits per heavy atom. The van der Waals surface area contributed by atoms with E-state index in [1.54, 1.807) is 4.90 Å². The Morgan fingerprint density at radius 2 is 2.06 bits per heavy atom. The van der Waals surface area contributed by atoms with E-state index in [9.17, 15) is 4.79 Å². The molecule has 2 aliphatic heterocycles. The molecule has 1 aromatic rings. The van der Waals surface area contributed by atoms with Gasteiger partial charge in [-0.15, -0.1) is 0 Å². The minimum Gasteiger partial charge on any atom is -0.352 e. The molecule has 0 saturated carbocycles. The van der Waals surface area contributed by atoms with Gasteiger partial charge in [0.25, 0.3) is 0 Å². The first-order valence-electron chi connectivity index (χ1n) is 5.51. The Hall–Kier alpha value is -1.39. The van der Waals surface area contributed by atoms with Gasteiger partial charge < -0.3 is 15.4 Å². The first-order valence-corrected chi connectivity index (χ1v) is 5.51. The van der Waals surface area contributed by atoms with Crippen LogP contribution in [0.15, 0.2) is 30.3 Å². The summed E-state index contributed by atoms with van der Waals surface area (Å²) < 4.78 is 5.67. The molecule has 2 saturated heterocycles. The lowest BCUT2D eigenvalue weighted by Crippen LogP contribution is -2.36. The fourth-order valence-electron chi connectivity index (χ4n) is 2.49. The van der Waals surface area contributed by atoms with E-state index in [4.69, 9.17) is 10.5 Å². The highest BCUT2D eigenvalue weighted by Crippen LogP contribution is 2.36. The maximum Gasteiger partial charge on any atom is 0.242 e. The second-order valence-corrected chi connectivity index (χ2v) is 4.34. The molecule has 4 nitrogen and oxygen atoms in total. The number of hydrogen-bond donors (Lipinski definition) is 1. The van der Waals surface area contributed by atoms with Gasteiger partial charge in [0.15, 0.2) is 6.23 Å². The monoisotopic (exact) mass is 218 g/mol. The zero-order valence-electron chi connectivity index (χ0n) is 8.87. The molecule has 84 valence electrons.